The maximum absolute atomic E-state index is 12.1. The monoisotopic (exact) mass is 330 g/mol. The molecule has 1 saturated heterocycles. The highest BCUT2D eigenvalue weighted by Crippen LogP contribution is 2.17. The Kier molecular flexibility index (Phi) is 8.84. The molecule has 7 heteroatoms. The summed E-state index contributed by atoms with van der Waals surface area (Å²) >= 11 is 0. The third-order valence-electron chi connectivity index (χ3n) is 3.10. The summed E-state index contributed by atoms with van der Waals surface area (Å²) in [7, 11) is 1.67. The van der Waals surface area contributed by atoms with Crippen LogP contribution in [-0.2, 0) is 14.3 Å². The molecular weight excluding hydrogens is 308 g/mol. The van der Waals surface area contributed by atoms with E-state index in [9.17, 15) is 4.79 Å². The lowest BCUT2D eigenvalue weighted by molar-refractivity contribution is -0.120. The molecule has 1 aromatic rings. The van der Waals surface area contributed by atoms with Crippen LogP contribution in [0.2, 0.25) is 0 Å². The molecule has 0 bridgehead atoms. The van der Waals surface area contributed by atoms with Gasteiger partial charge in [-0.3, -0.25) is 4.79 Å². The Labute approximate surface area is 136 Å². The van der Waals surface area contributed by atoms with E-state index in [0.29, 0.717) is 33.0 Å². The molecule has 0 spiro atoms. The Morgan fingerprint density at radius 1 is 1.45 bits per heavy atom. The summed E-state index contributed by atoms with van der Waals surface area (Å²) in [6.07, 6.45) is 0.830. The molecule has 0 aliphatic carbocycles. The van der Waals surface area contributed by atoms with Crippen molar-refractivity contribution in [1.29, 1.82) is 0 Å². The first-order chi connectivity index (χ1) is 10.3. The molecule has 0 radical (unpaired) electrons. The molecule has 6 nitrogen and oxygen atoms in total. The van der Waals surface area contributed by atoms with Crippen molar-refractivity contribution in [1.82, 2.24) is 5.32 Å². The van der Waals surface area contributed by atoms with Crippen LogP contribution in [0, 0.1) is 0 Å². The van der Waals surface area contributed by atoms with Crippen LogP contribution in [0.3, 0.4) is 0 Å². The SMILES string of the molecule is COCCCOc1cccc(NC(=O)C2COCCN2)c1.Cl. The summed E-state index contributed by atoms with van der Waals surface area (Å²) in [5.74, 6) is 0.642. The molecule has 1 fully saturated rings. The topological polar surface area (TPSA) is 68.8 Å². The van der Waals surface area contributed by atoms with Gasteiger partial charge >= 0.3 is 0 Å². The van der Waals surface area contributed by atoms with E-state index in [4.69, 9.17) is 14.2 Å². The zero-order valence-corrected chi connectivity index (χ0v) is 13.5. The van der Waals surface area contributed by atoms with Crippen molar-refractivity contribution >= 4 is 24.0 Å². The Morgan fingerprint density at radius 2 is 2.32 bits per heavy atom. The van der Waals surface area contributed by atoms with Crippen molar-refractivity contribution in [3.8, 4) is 5.75 Å². The molecule has 1 amide bonds. The normalized spacial score (nSPS) is 17.4. The van der Waals surface area contributed by atoms with E-state index in [1.807, 2.05) is 24.3 Å². The van der Waals surface area contributed by atoms with Gasteiger partial charge in [0.2, 0.25) is 5.91 Å². The number of carbonyl (C=O) groups excluding carboxylic acids is 1. The molecule has 0 aromatic heterocycles. The molecule has 1 aromatic carbocycles. The van der Waals surface area contributed by atoms with Gasteiger partial charge in [0.25, 0.3) is 0 Å². The van der Waals surface area contributed by atoms with Gasteiger partial charge in [-0.05, 0) is 12.1 Å². The lowest BCUT2D eigenvalue weighted by Crippen LogP contribution is -2.48. The molecule has 1 atom stereocenters. The zero-order valence-electron chi connectivity index (χ0n) is 12.7. The number of halogens is 1. The fourth-order valence-electron chi connectivity index (χ4n) is 2.02. The number of nitrogens with one attached hydrogen (secondary N) is 2. The number of ether oxygens (including phenoxy) is 3. The van der Waals surface area contributed by atoms with Crippen molar-refractivity contribution in [3.63, 3.8) is 0 Å². The average molecular weight is 331 g/mol. The van der Waals surface area contributed by atoms with E-state index in [1.54, 1.807) is 7.11 Å². The Hall–Kier alpha value is -1.34. The quantitative estimate of drug-likeness (QED) is 0.741. The largest absolute Gasteiger partial charge is 0.493 e. The number of carbonyl (C=O) groups is 1. The summed E-state index contributed by atoms with van der Waals surface area (Å²) in [5.41, 5.74) is 0.719. The standard InChI is InChI=1S/C15H22N2O4.ClH/c1-19-7-3-8-21-13-5-2-4-12(10-13)17-15(18)14-11-20-9-6-16-14;/h2,4-5,10,14,16H,3,6-9,11H2,1H3,(H,17,18);1H. The first-order valence-corrected chi connectivity index (χ1v) is 7.13. The van der Waals surface area contributed by atoms with Gasteiger partial charge in [0.15, 0.2) is 0 Å². The predicted molar refractivity (Wildman–Crippen MR) is 86.9 cm³/mol. The molecule has 124 valence electrons. The first kappa shape index (κ1) is 18.7. The van der Waals surface area contributed by atoms with Gasteiger partial charge in [-0.15, -0.1) is 12.4 Å². The van der Waals surface area contributed by atoms with Crippen molar-refractivity contribution < 1.29 is 19.0 Å². The minimum atomic E-state index is -0.301. The van der Waals surface area contributed by atoms with Crippen LogP contribution in [0.25, 0.3) is 0 Å². The summed E-state index contributed by atoms with van der Waals surface area (Å²) < 4.78 is 15.9. The van der Waals surface area contributed by atoms with Gasteiger partial charge in [-0.25, -0.2) is 0 Å². The highest BCUT2D eigenvalue weighted by molar-refractivity contribution is 5.95. The van der Waals surface area contributed by atoms with Crippen molar-refractivity contribution in [2.24, 2.45) is 0 Å². The fraction of sp³-hybridized carbons (Fsp3) is 0.533. The second-order valence-electron chi connectivity index (χ2n) is 4.79. The number of hydrogen-bond donors (Lipinski definition) is 2. The minimum Gasteiger partial charge on any atom is -0.493 e. The average Bonchev–Trinajstić information content (AvgIpc) is 2.53. The van der Waals surface area contributed by atoms with E-state index in [1.165, 1.54) is 0 Å². The Morgan fingerprint density at radius 3 is 3.05 bits per heavy atom. The predicted octanol–water partition coefficient (Wildman–Crippen LogP) is 1.45. The number of rotatable bonds is 7. The number of benzene rings is 1. The third kappa shape index (κ3) is 6.19. The minimum absolute atomic E-state index is 0. The van der Waals surface area contributed by atoms with Gasteiger partial charge in [0, 0.05) is 38.4 Å². The molecule has 1 aliphatic heterocycles. The fourth-order valence-corrected chi connectivity index (χ4v) is 2.02. The van der Waals surface area contributed by atoms with E-state index < -0.39 is 0 Å². The van der Waals surface area contributed by atoms with E-state index in [2.05, 4.69) is 10.6 Å². The van der Waals surface area contributed by atoms with Crippen LogP contribution in [0.1, 0.15) is 6.42 Å². The third-order valence-corrected chi connectivity index (χ3v) is 3.10. The maximum atomic E-state index is 12.1. The van der Waals surface area contributed by atoms with Crippen LogP contribution >= 0.6 is 12.4 Å². The Bertz CT molecular complexity index is 453. The molecule has 22 heavy (non-hydrogen) atoms. The molecule has 2 rings (SSSR count). The molecule has 1 unspecified atom stereocenters. The second kappa shape index (κ2) is 10.4. The maximum Gasteiger partial charge on any atom is 0.243 e. The van der Waals surface area contributed by atoms with Gasteiger partial charge in [-0.2, -0.15) is 0 Å². The second-order valence-corrected chi connectivity index (χ2v) is 4.79. The van der Waals surface area contributed by atoms with E-state index >= 15 is 0 Å². The molecular formula is C15H23ClN2O4. The zero-order chi connectivity index (χ0) is 14.9. The van der Waals surface area contributed by atoms with Crippen LogP contribution in [-0.4, -0.2) is 52.0 Å². The molecule has 1 aliphatic rings. The highest BCUT2D eigenvalue weighted by Gasteiger charge is 2.21. The van der Waals surface area contributed by atoms with Crippen LogP contribution < -0.4 is 15.4 Å². The number of morpholine rings is 1. The van der Waals surface area contributed by atoms with Gasteiger partial charge in [-0.1, -0.05) is 6.07 Å². The number of hydrogen-bond acceptors (Lipinski definition) is 5. The van der Waals surface area contributed by atoms with Crippen molar-refractivity contribution in [2.75, 3.05) is 45.4 Å². The Balaban J connectivity index is 0.00000242. The van der Waals surface area contributed by atoms with Gasteiger partial charge in [0.05, 0.1) is 19.8 Å². The van der Waals surface area contributed by atoms with Crippen LogP contribution in [0.4, 0.5) is 5.69 Å². The molecule has 1 heterocycles. The van der Waals surface area contributed by atoms with Crippen molar-refractivity contribution in [2.45, 2.75) is 12.5 Å². The smallest absolute Gasteiger partial charge is 0.243 e. The van der Waals surface area contributed by atoms with E-state index in [-0.39, 0.29) is 24.4 Å². The van der Waals surface area contributed by atoms with Gasteiger partial charge in [0.1, 0.15) is 11.8 Å². The number of methoxy groups -OCH3 is 1. The lowest BCUT2D eigenvalue weighted by Gasteiger charge is -2.23. The lowest BCUT2D eigenvalue weighted by atomic mass is 10.2. The highest BCUT2D eigenvalue weighted by atomic mass is 35.5. The number of amides is 1. The summed E-state index contributed by atoms with van der Waals surface area (Å²) in [6.45, 7) is 3.00. The van der Waals surface area contributed by atoms with Crippen molar-refractivity contribution in [3.05, 3.63) is 24.3 Å². The summed E-state index contributed by atoms with van der Waals surface area (Å²) in [6, 6.07) is 7.07. The molecule has 2 N–H and O–H groups in total. The van der Waals surface area contributed by atoms with E-state index in [0.717, 1.165) is 17.9 Å². The summed E-state index contributed by atoms with van der Waals surface area (Å²) in [5, 5.41) is 5.99. The van der Waals surface area contributed by atoms with Crippen LogP contribution in [0.15, 0.2) is 24.3 Å². The first-order valence-electron chi connectivity index (χ1n) is 7.13. The van der Waals surface area contributed by atoms with Crippen LogP contribution in [0.5, 0.6) is 5.75 Å². The summed E-state index contributed by atoms with van der Waals surface area (Å²) in [4.78, 5) is 12.1. The number of anilines is 1. The molecule has 0 saturated carbocycles. The van der Waals surface area contributed by atoms with Gasteiger partial charge < -0.3 is 24.8 Å².